The fourth-order valence-electron chi connectivity index (χ4n) is 2.29. The second-order valence-electron chi connectivity index (χ2n) is 4.81. The predicted octanol–water partition coefficient (Wildman–Crippen LogP) is 1.87. The second-order valence-corrected chi connectivity index (χ2v) is 7.36. The largest absolute Gasteiger partial charge is 0.309 e. The number of nitrogens with one attached hydrogen (secondary N) is 2. The van der Waals surface area contributed by atoms with Crippen molar-refractivity contribution >= 4 is 21.4 Å². The Bertz CT molecular complexity index is 694. The molecule has 0 fully saturated rings. The highest BCUT2D eigenvalue weighted by atomic mass is 32.2. The third-order valence-corrected chi connectivity index (χ3v) is 5.60. The van der Waals surface area contributed by atoms with Crippen LogP contribution in [-0.4, -0.2) is 15.0 Å². The van der Waals surface area contributed by atoms with Crippen molar-refractivity contribution in [3.8, 4) is 0 Å². The van der Waals surface area contributed by atoms with Crippen LogP contribution in [0, 0.1) is 0 Å². The van der Waals surface area contributed by atoms with Crippen LogP contribution < -0.4 is 10.0 Å². The monoisotopic (exact) mass is 308 g/mol. The van der Waals surface area contributed by atoms with Crippen LogP contribution >= 0.6 is 11.3 Å². The third-order valence-electron chi connectivity index (χ3n) is 3.40. The standard InChI is InChI=1S/C14H16N2O2S2/c17-20(18,16-5-3-11-4-6-19-10-11)14-2-1-12-8-15-9-13(12)7-14/h1-2,4,6-7,10,15-16H,3,5,8-9H2. The van der Waals surface area contributed by atoms with Gasteiger partial charge in [0.05, 0.1) is 4.90 Å². The molecule has 0 amide bonds. The molecule has 0 bridgehead atoms. The molecule has 2 aromatic rings. The molecule has 0 radical (unpaired) electrons. The number of sulfonamides is 1. The van der Waals surface area contributed by atoms with E-state index >= 15 is 0 Å². The average Bonchev–Trinajstić information content (AvgIpc) is 3.08. The Labute approximate surface area is 122 Å². The van der Waals surface area contributed by atoms with E-state index in [4.69, 9.17) is 0 Å². The van der Waals surface area contributed by atoms with Gasteiger partial charge in [0.15, 0.2) is 0 Å². The van der Waals surface area contributed by atoms with E-state index in [9.17, 15) is 8.42 Å². The molecular weight excluding hydrogens is 292 g/mol. The van der Waals surface area contributed by atoms with Gasteiger partial charge in [-0.25, -0.2) is 13.1 Å². The van der Waals surface area contributed by atoms with Gasteiger partial charge in [0.2, 0.25) is 10.0 Å². The molecule has 6 heteroatoms. The minimum absolute atomic E-state index is 0.352. The fraction of sp³-hybridized carbons (Fsp3) is 0.286. The van der Waals surface area contributed by atoms with Crippen molar-refractivity contribution in [3.63, 3.8) is 0 Å². The van der Waals surface area contributed by atoms with Crippen molar-refractivity contribution in [1.29, 1.82) is 0 Å². The lowest BCUT2D eigenvalue weighted by atomic mass is 10.1. The molecule has 1 aromatic carbocycles. The SMILES string of the molecule is O=S(=O)(NCCc1ccsc1)c1ccc2c(c1)CNC2. The zero-order valence-corrected chi connectivity index (χ0v) is 12.6. The lowest BCUT2D eigenvalue weighted by Gasteiger charge is -2.08. The quantitative estimate of drug-likeness (QED) is 0.886. The molecule has 3 rings (SSSR count). The molecule has 2 N–H and O–H groups in total. The van der Waals surface area contributed by atoms with Crippen LogP contribution in [-0.2, 0) is 29.5 Å². The van der Waals surface area contributed by atoms with Gasteiger partial charge in [-0.2, -0.15) is 11.3 Å². The summed E-state index contributed by atoms with van der Waals surface area (Å²) < 4.78 is 27.1. The summed E-state index contributed by atoms with van der Waals surface area (Å²) >= 11 is 1.62. The summed E-state index contributed by atoms with van der Waals surface area (Å²) in [6.45, 7) is 1.99. The Hall–Kier alpha value is -1.21. The number of thiophene rings is 1. The van der Waals surface area contributed by atoms with Crippen molar-refractivity contribution in [1.82, 2.24) is 10.0 Å². The van der Waals surface area contributed by atoms with E-state index in [1.54, 1.807) is 23.5 Å². The molecule has 0 spiro atoms. The van der Waals surface area contributed by atoms with Crippen LogP contribution in [0.3, 0.4) is 0 Å². The highest BCUT2D eigenvalue weighted by Gasteiger charge is 2.17. The fourth-order valence-corrected chi connectivity index (χ4v) is 4.07. The van der Waals surface area contributed by atoms with Crippen LogP contribution in [0.25, 0.3) is 0 Å². The number of rotatable bonds is 5. The van der Waals surface area contributed by atoms with Crippen LogP contribution in [0.4, 0.5) is 0 Å². The first-order chi connectivity index (χ1) is 9.65. The van der Waals surface area contributed by atoms with Crippen LogP contribution in [0.2, 0.25) is 0 Å². The van der Waals surface area contributed by atoms with E-state index in [0.717, 1.165) is 30.6 Å². The molecule has 0 aliphatic carbocycles. The topological polar surface area (TPSA) is 58.2 Å². The smallest absolute Gasteiger partial charge is 0.240 e. The van der Waals surface area contributed by atoms with E-state index in [1.165, 1.54) is 5.56 Å². The van der Waals surface area contributed by atoms with E-state index < -0.39 is 10.0 Å². The third kappa shape index (κ3) is 2.93. The maximum atomic E-state index is 12.2. The Morgan fingerprint density at radius 1 is 1.20 bits per heavy atom. The van der Waals surface area contributed by atoms with Crippen molar-refractivity contribution in [2.24, 2.45) is 0 Å². The highest BCUT2D eigenvalue weighted by Crippen LogP contribution is 2.19. The summed E-state index contributed by atoms with van der Waals surface area (Å²) in [6.07, 6.45) is 0.717. The van der Waals surface area contributed by atoms with Gasteiger partial charge in [0.1, 0.15) is 0 Å². The maximum Gasteiger partial charge on any atom is 0.240 e. The molecule has 4 nitrogen and oxygen atoms in total. The van der Waals surface area contributed by atoms with Crippen molar-refractivity contribution in [2.45, 2.75) is 24.4 Å². The number of benzene rings is 1. The van der Waals surface area contributed by atoms with Gasteiger partial charge in [0.25, 0.3) is 0 Å². The predicted molar refractivity (Wildman–Crippen MR) is 80.2 cm³/mol. The molecule has 20 heavy (non-hydrogen) atoms. The summed E-state index contributed by atoms with van der Waals surface area (Å²) in [7, 11) is -3.41. The van der Waals surface area contributed by atoms with Gasteiger partial charge in [-0.15, -0.1) is 0 Å². The lowest BCUT2D eigenvalue weighted by Crippen LogP contribution is -2.26. The van der Waals surface area contributed by atoms with E-state index in [2.05, 4.69) is 10.0 Å². The van der Waals surface area contributed by atoms with Crippen LogP contribution in [0.15, 0.2) is 39.9 Å². The minimum Gasteiger partial charge on any atom is -0.309 e. The van der Waals surface area contributed by atoms with E-state index in [-0.39, 0.29) is 0 Å². The van der Waals surface area contributed by atoms with Gasteiger partial charge in [-0.3, -0.25) is 0 Å². The van der Waals surface area contributed by atoms with E-state index in [1.807, 2.05) is 22.9 Å². The van der Waals surface area contributed by atoms with Gasteiger partial charge in [-0.05, 0) is 52.1 Å². The summed E-state index contributed by atoms with van der Waals surface area (Å²) in [6, 6.07) is 7.35. The van der Waals surface area contributed by atoms with Crippen molar-refractivity contribution < 1.29 is 8.42 Å². The zero-order chi connectivity index (χ0) is 14.0. The second kappa shape index (κ2) is 5.65. The lowest BCUT2D eigenvalue weighted by molar-refractivity contribution is 0.581. The first-order valence-corrected chi connectivity index (χ1v) is 8.91. The van der Waals surface area contributed by atoms with E-state index in [0.29, 0.717) is 11.4 Å². The summed E-state index contributed by atoms with van der Waals surface area (Å²) in [5, 5.41) is 7.25. The van der Waals surface area contributed by atoms with Gasteiger partial charge in [-0.1, -0.05) is 6.07 Å². The molecule has 0 atom stereocenters. The Kier molecular flexibility index (Phi) is 3.89. The summed E-state index contributed by atoms with van der Waals surface area (Å²) in [4.78, 5) is 0.352. The van der Waals surface area contributed by atoms with Crippen molar-refractivity contribution in [3.05, 3.63) is 51.7 Å². The Morgan fingerprint density at radius 3 is 2.85 bits per heavy atom. The van der Waals surface area contributed by atoms with Crippen LogP contribution in [0.5, 0.6) is 0 Å². The molecule has 1 aromatic heterocycles. The van der Waals surface area contributed by atoms with Gasteiger partial charge < -0.3 is 5.32 Å². The first kappa shape index (κ1) is 13.8. The van der Waals surface area contributed by atoms with Gasteiger partial charge >= 0.3 is 0 Å². The molecule has 1 aliphatic rings. The number of hydrogen-bond acceptors (Lipinski definition) is 4. The first-order valence-electron chi connectivity index (χ1n) is 6.48. The van der Waals surface area contributed by atoms with Crippen molar-refractivity contribution in [2.75, 3.05) is 6.54 Å². The molecule has 2 heterocycles. The zero-order valence-electron chi connectivity index (χ0n) is 10.9. The Morgan fingerprint density at radius 2 is 2.05 bits per heavy atom. The normalized spacial score (nSPS) is 14.4. The maximum absolute atomic E-state index is 12.2. The highest BCUT2D eigenvalue weighted by molar-refractivity contribution is 7.89. The summed E-state index contributed by atoms with van der Waals surface area (Å²) in [5.41, 5.74) is 3.42. The number of hydrogen-bond donors (Lipinski definition) is 2. The molecule has 0 saturated carbocycles. The molecule has 0 unspecified atom stereocenters. The Balaban J connectivity index is 1.68. The molecular formula is C14H16N2O2S2. The molecule has 106 valence electrons. The average molecular weight is 308 g/mol. The summed E-state index contributed by atoms with van der Waals surface area (Å²) in [5.74, 6) is 0. The minimum atomic E-state index is -3.41. The van der Waals surface area contributed by atoms with Crippen LogP contribution in [0.1, 0.15) is 16.7 Å². The van der Waals surface area contributed by atoms with Gasteiger partial charge in [0, 0.05) is 19.6 Å². The molecule has 0 saturated heterocycles. The number of fused-ring (bicyclic) bond motifs is 1. The molecule has 1 aliphatic heterocycles.